The number of anilines is 1. The minimum atomic E-state index is -3.45. The Morgan fingerprint density at radius 1 is 1.08 bits per heavy atom. The molecule has 1 amide bonds. The number of hydrogen-bond acceptors (Lipinski definition) is 5. The lowest BCUT2D eigenvalue weighted by atomic mass is 10.0. The highest BCUT2D eigenvalue weighted by Crippen LogP contribution is 2.39. The first-order chi connectivity index (χ1) is 17.6. The van der Waals surface area contributed by atoms with Crippen LogP contribution in [0.3, 0.4) is 0 Å². The minimum absolute atomic E-state index is 0.0654. The standard InChI is InChI=1S/C27H27FN2O6S/c1-3-37(34,35)29-19-12-13-20(25(16-19)36-2)17-8-10-18(11-9-17)26(31)30-23(14-15-24(30)27(32)33)21-6-4-5-7-22(21)28/h4-13,16,23-24,29H,3,14-15H2,1-2H3,(H,32,33)/t23-,24+/m1/s1. The number of halogens is 1. The molecule has 0 aliphatic carbocycles. The third-order valence-corrected chi connectivity index (χ3v) is 7.77. The number of hydrogen-bond donors (Lipinski definition) is 2. The van der Waals surface area contributed by atoms with E-state index in [1.54, 1.807) is 60.7 Å². The number of ether oxygens (including phenoxy) is 1. The first-order valence-electron chi connectivity index (χ1n) is 11.7. The van der Waals surface area contributed by atoms with E-state index in [-0.39, 0.29) is 17.7 Å². The number of nitrogens with one attached hydrogen (secondary N) is 1. The molecular weight excluding hydrogens is 499 g/mol. The van der Waals surface area contributed by atoms with E-state index in [1.807, 2.05) is 0 Å². The SMILES string of the molecule is CCS(=O)(=O)Nc1ccc(-c2ccc(C(=O)N3[C@@H](c4ccccc4F)CC[C@H]3C(=O)O)cc2)c(OC)c1. The molecule has 1 saturated heterocycles. The number of rotatable bonds is 8. The first kappa shape index (κ1) is 26.2. The van der Waals surface area contributed by atoms with Gasteiger partial charge in [-0.05, 0) is 55.7 Å². The van der Waals surface area contributed by atoms with Crippen LogP contribution >= 0.6 is 0 Å². The Bertz CT molecular complexity index is 1430. The number of nitrogens with zero attached hydrogens (tertiary/aromatic N) is 1. The zero-order valence-electron chi connectivity index (χ0n) is 20.3. The number of sulfonamides is 1. The molecule has 2 N–H and O–H groups in total. The van der Waals surface area contributed by atoms with Crippen LogP contribution in [-0.4, -0.2) is 49.2 Å². The van der Waals surface area contributed by atoms with Gasteiger partial charge in [-0.25, -0.2) is 17.6 Å². The van der Waals surface area contributed by atoms with Gasteiger partial charge in [-0.2, -0.15) is 0 Å². The lowest BCUT2D eigenvalue weighted by Crippen LogP contribution is -2.42. The number of likely N-dealkylation sites (tertiary alicyclic amines) is 1. The van der Waals surface area contributed by atoms with Crippen molar-refractivity contribution in [2.24, 2.45) is 0 Å². The maximum Gasteiger partial charge on any atom is 0.326 e. The van der Waals surface area contributed by atoms with Crippen LogP contribution < -0.4 is 9.46 Å². The Hall–Kier alpha value is -3.92. The van der Waals surface area contributed by atoms with Gasteiger partial charge in [-0.15, -0.1) is 0 Å². The fourth-order valence-electron chi connectivity index (χ4n) is 4.57. The van der Waals surface area contributed by atoms with Gasteiger partial charge in [0.1, 0.15) is 17.6 Å². The normalized spacial score (nSPS) is 17.4. The van der Waals surface area contributed by atoms with E-state index < -0.39 is 39.8 Å². The van der Waals surface area contributed by atoms with Gasteiger partial charge in [0.25, 0.3) is 5.91 Å². The number of amides is 1. The van der Waals surface area contributed by atoms with E-state index in [2.05, 4.69) is 4.72 Å². The van der Waals surface area contributed by atoms with Gasteiger partial charge >= 0.3 is 5.97 Å². The highest BCUT2D eigenvalue weighted by molar-refractivity contribution is 7.92. The molecule has 8 nitrogen and oxygen atoms in total. The summed E-state index contributed by atoms with van der Waals surface area (Å²) >= 11 is 0. The van der Waals surface area contributed by atoms with E-state index in [0.29, 0.717) is 34.5 Å². The molecule has 1 fully saturated rings. The summed E-state index contributed by atoms with van der Waals surface area (Å²) in [7, 11) is -1.98. The summed E-state index contributed by atoms with van der Waals surface area (Å²) in [4.78, 5) is 26.6. The van der Waals surface area contributed by atoms with Gasteiger partial charge in [0.05, 0.1) is 24.6 Å². The molecule has 3 aromatic carbocycles. The fourth-order valence-corrected chi connectivity index (χ4v) is 5.20. The van der Waals surface area contributed by atoms with Crippen LogP contribution in [0, 0.1) is 5.82 Å². The van der Waals surface area contributed by atoms with Crippen LogP contribution in [0.2, 0.25) is 0 Å². The summed E-state index contributed by atoms with van der Waals surface area (Å²) in [6, 6.07) is 15.8. The minimum Gasteiger partial charge on any atom is -0.496 e. The molecule has 194 valence electrons. The van der Waals surface area contributed by atoms with Crippen molar-refractivity contribution < 1.29 is 32.2 Å². The molecule has 1 heterocycles. The van der Waals surface area contributed by atoms with Gasteiger partial charge < -0.3 is 14.7 Å². The smallest absolute Gasteiger partial charge is 0.326 e. The average Bonchev–Trinajstić information content (AvgIpc) is 3.33. The van der Waals surface area contributed by atoms with E-state index in [4.69, 9.17) is 4.74 Å². The Kier molecular flexibility index (Phi) is 7.49. The van der Waals surface area contributed by atoms with Gasteiger partial charge in [0.2, 0.25) is 10.0 Å². The van der Waals surface area contributed by atoms with Crippen LogP contribution in [0.25, 0.3) is 11.1 Å². The van der Waals surface area contributed by atoms with Crippen molar-refractivity contribution in [2.75, 3.05) is 17.6 Å². The third kappa shape index (κ3) is 5.43. The lowest BCUT2D eigenvalue weighted by Gasteiger charge is -2.29. The molecule has 37 heavy (non-hydrogen) atoms. The molecule has 0 spiro atoms. The zero-order valence-corrected chi connectivity index (χ0v) is 21.2. The van der Waals surface area contributed by atoms with E-state index in [1.165, 1.54) is 25.0 Å². The molecule has 10 heteroatoms. The number of benzene rings is 3. The Balaban J connectivity index is 1.63. The Morgan fingerprint density at radius 2 is 1.78 bits per heavy atom. The number of carbonyl (C=O) groups is 2. The van der Waals surface area contributed by atoms with Gasteiger partial charge in [0.15, 0.2) is 0 Å². The van der Waals surface area contributed by atoms with Crippen molar-refractivity contribution in [2.45, 2.75) is 31.8 Å². The number of methoxy groups -OCH3 is 1. The highest BCUT2D eigenvalue weighted by Gasteiger charge is 2.42. The second kappa shape index (κ2) is 10.6. The van der Waals surface area contributed by atoms with E-state index >= 15 is 0 Å². The third-order valence-electron chi connectivity index (χ3n) is 6.47. The summed E-state index contributed by atoms with van der Waals surface area (Å²) in [6.07, 6.45) is 0.566. The van der Waals surface area contributed by atoms with Gasteiger partial charge in [0, 0.05) is 22.8 Å². The zero-order chi connectivity index (χ0) is 26.7. The topological polar surface area (TPSA) is 113 Å². The molecule has 1 aliphatic rings. The first-order valence-corrected chi connectivity index (χ1v) is 13.4. The fraction of sp³-hybridized carbons (Fsp3) is 0.259. The molecule has 4 rings (SSSR count). The molecule has 0 radical (unpaired) electrons. The van der Waals surface area contributed by atoms with Crippen LogP contribution in [0.4, 0.5) is 10.1 Å². The van der Waals surface area contributed by atoms with E-state index in [9.17, 15) is 27.5 Å². The van der Waals surface area contributed by atoms with Crippen molar-refractivity contribution in [3.63, 3.8) is 0 Å². The number of carbonyl (C=O) groups excluding carboxylic acids is 1. The van der Waals surface area contributed by atoms with E-state index in [0.717, 1.165) is 0 Å². The summed E-state index contributed by atoms with van der Waals surface area (Å²) in [5, 5.41) is 9.73. The second-order valence-electron chi connectivity index (χ2n) is 8.68. The van der Waals surface area contributed by atoms with Crippen LogP contribution in [0.15, 0.2) is 66.7 Å². The van der Waals surface area contributed by atoms with Crippen molar-refractivity contribution in [3.05, 3.63) is 83.7 Å². The highest BCUT2D eigenvalue weighted by atomic mass is 32.2. The summed E-state index contributed by atoms with van der Waals surface area (Å²) < 4.78 is 46.2. The predicted molar refractivity (Wildman–Crippen MR) is 137 cm³/mol. The molecular formula is C27H27FN2O6S. The summed E-state index contributed by atoms with van der Waals surface area (Å²) in [6.45, 7) is 1.54. The van der Waals surface area contributed by atoms with Crippen molar-refractivity contribution in [1.29, 1.82) is 0 Å². The monoisotopic (exact) mass is 526 g/mol. The lowest BCUT2D eigenvalue weighted by molar-refractivity contribution is -0.141. The van der Waals surface area contributed by atoms with Crippen molar-refractivity contribution in [3.8, 4) is 16.9 Å². The van der Waals surface area contributed by atoms with Gasteiger partial charge in [-0.3, -0.25) is 9.52 Å². The van der Waals surface area contributed by atoms with Crippen molar-refractivity contribution in [1.82, 2.24) is 4.90 Å². The van der Waals surface area contributed by atoms with Gasteiger partial charge in [-0.1, -0.05) is 30.3 Å². The molecule has 3 aromatic rings. The predicted octanol–water partition coefficient (Wildman–Crippen LogP) is 4.69. The molecule has 0 aromatic heterocycles. The maximum atomic E-state index is 14.5. The van der Waals surface area contributed by atoms with Crippen molar-refractivity contribution >= 4 is 27.6 Å². The molecule has 0 saturated carbocycles. The number of carboxylic acids is 1. The quantitative estimate of drug-likeness (QED) is 0.440. The number of carboxylic acid groups (broad SMARTS) is 1. The van der Waals surface area contributed by atoms with Crippen LogP contribution in [0.1, 0.15) is 41.7 Å². The largest absolute Gasteiger partial charge is 0.496 e. The average molecular weight is 527 g/mol. The Morgan fingerprint density at radius 3 is 2.41 bits per heavy atom. The molecule has 0 unspecified atom stereocenters. The van der Waals surface area contributed by atoms with Crippen LogP contribution in [0.5, 0.6) is 5.75 Å². The molecule has 2 atom stereocenters. The summed E-state index contributed by atoms with van der Waals surface area (Å²) in [5.41, 5.74) is 2.31. The Labute approximate surface area is 214 Å². The molecule has 1 aliphatic heterocycles. The van der Waals surface area contributed by atoms with Crippen LogP contribution in [-0.2, 0) is 14.8 Å². The molecule has 0 bridgehead atoms. The second-order valence-corrected chi connectivity index (χ2v) is 10.7. The summed E-state index contributed by atoms with van der Waals surface area (Å²) in [5.74, 6) is -1.75. The maximum absolute atomic E-state index is 14.5. The number of aliphatic carboxylic acids is 1.